The third-order valence-corrected chi connectivity index (χ3v) is 9.80. The molecular weight excluding hydrogens is 401 g/mol. The monoisotopic (exact) mass is 429 g/mol. The summed E-state index contributed by atoms with van der Waals surface area (Å²) in [6.07, 6.45) is 3.27. The predicted molar refractivity (Wildman–Crippen MR) is 129 cm³/mol. The van der Waals surface area contributed by atoms with E-state index in [2.05, 4.69) is 35.2 Å². The lowest BCUT2D eigenvalue weighted by atomic mass is 10.0. The Kier molecular flexibility index (Phi) is 5.91. The van der Waals surface area contributed by atoms with Crippen molar-refractivity contribution >= 4 is 23.3 Å². The standard InChI is InChI=1S/C27H28NO2P/c29-31(23-9-3-1-4-10-23,24-11-5-2-6-12-24)27-21-22(25-13-7-8-14-26(25)27)15-16-28-17-19-30-20-18-28/h1-14,21,27H,15-20H2. The highest BCUT2D eigenvalue weighted by atomic mass is 31.2. The lowest BCUT2D eigenvalue weighted by Gasteiger charge is -2.26. The number of nitrogens with zero attached hydrogens (tertiary/aromatic N) is 1. The summed E-state index contributed by atoms with van der Waals surface area (Å²) in [5.74, 6) is 0. The third kappa shape index (κ3) is 3.94. The van der Waals surface area contributed by atoms with Gasteiger partial charge in [0.15, 0.2) is 7.14 Å². The van der Waals surface area contributed by atoms with Crippen LogP contribution in [0.1, 0.15) is 23.2 Å². The van der Waals surface area contributed by atoms with Crippen molar-refractivity contribution in [2.75, 3.05) is 32.8 Å². The normalized spacial score (nSPS) is 19.1. The maximum absolute atomic E-state index is 15.0. The number of ether oxygens (including phenoxy) is 1. The molecule has 1 fully saturated rings. The SMILES string of the molecule is O=P(c1ccccc1)(c1ccccc1)C1C=C(CCN2CCOCC2)c2ccccc21. The van der Waals surface area contributed by atoms with E-state index in [0.717, 1.165) is 49.9 Å². The molecule has 1 aliphatic carbocycles. The van der Waals surface area contributed by atoms with E-state index in [1.807, 2.05) is 60.7 Å². The Labute approximate surface area is 184 Å². The molecule has 1 heterocycles. The fraction of sp³-hybridized carbons (Fsp3) is 0.259. The molecule has 31 heavy (non-hydrogen) atoms. The van der Waals surface area contributed by atoms with Crippen LogP contribution in [0.3, 0.4) is 0 Å². The second-order valence-corrected chi connectivity index (χ2v) is 11.2. The fourth-order valence-electron chi connectivity index (χ4n) is 4.81. The van der Waals surface area contributed by atoms with E-state index in [-0.39, 0.29) is 5.66 Å². The molecule has 0 saturated carbocycles. The Morgan fingerprint density at radius 3 is 2.03 bits per heavy atom. The molecule has 3 aromatic carbocycles. The van der Waals surface area contributed by atoms with E-state index >= 15 is 0 Å². The molecule has 0 amide bonds. The molecule has 5 rings (SSSR count). The molecule has 0 spiro atoms. The number of benzene rings is 3. The van der Waals surface area contributed by atoms with Gasteiger partial charge in [0.25, 0.3) is 0 Å². The molecular formula is C27H28NO2P. The lowest BCUT2D eigenvalue weighted by Crippen LogP contribution is -2.36. The van der Waals surface area contributed by atoms with Gasteiger partial charge in [0, 0.05) is 30.2 Å². The minimum absolute atomic E-state index is 0.131. The topological polar surface area (TPSA) is 29.5 Å². The second-order valence-electron chi connectivity index (χ2n) is 8.26. The van der Waals surface area contributed by atoms with Gasteiger partial charge >= 0.3 is 0 Å². The van der Waals surface area contributed by atoms with E-state index < -0.39 is 7.14 Å². The number of morpholine rings is 1. The molecule has 1 atom stereocenters. The van der Waals surface area contributed by atoms with Gasteiger partial charge in [-0.25, -0.2) is 0 Å². The second kappa shape index (κ2) is 8.96. The summed E-state index contributed by atoms with van der Waals surface area (Å²) in [6.45, 7) is 4.62. The van der Waals surface area contributed by atoms with Crippen LogP contribution in [0, 0.1) is 0 Å². The third-order valence-electron chi connectivity index (χ3n) is 6.46. The average molecular weight is 430 g/mol. The molecule has 1 aliphatic heterocycles. The van der Waals surface area contributed by atoms with Crippen molar-refractivity contribution in [2.24, 2.45) is 0 Å². The van der Waals surface area contributed by atoms with Crippen LogP contribution in [0.15, 0.2) is 91.0 Å². The number of fused-ring (bicyclic) bond motifs is 1. The summed E-state index contributed by atoms with van der Waals surface area (Å²) >= 11 is 0. The first-order valence-corrected chi connectivity index (χ1v) is 12.9. The Balaban J connectivity index is 1.56. The molecule has 3 aromatic rings. The highest BCUT2D eigenvalue weighted by molar-refractivity contribution is 7.79. The van der Waals surface area contributed by atoms with Crippen LogP contribution in [0.5, 0.6) is 0 Å². The van der Waals surface area contributed by atoms with E-state index in [1.54, 1.807) is 0 Å². The minimum atomic E-state index is -2.91. The first kappa shape index (κ1) is 20.5. The van der Waals surface area contributed by atoms with Crippen LogP contribution in [-0.4, -0.2) is 37.7 Å². The molecule has 0 aromatic heterocycles. The van der Waals surface area contributed by atoms with Crippen LogP contribution >= 0.6 is 7.14 Å². The maximum Gasteiger partial charge on any atom is 0.154 e. The largest absolute Gasteiger partial charge is 0.379 e. The Morgan fingerprint density at radius 2 is 1.39 bits per heavy atom. The first-order valence-electron chi connectivity index (χ1n) is 11.1. The molecule has 2 aliphatic rings. The van der Waals surface area contributed by atoms with Crippen LogP contribution in [0.2, 0.25) is 0 Å². The van der Waals surface area contributed by atoms with Gasteiger partial charge in [-0.15, -0.1) is 0 Å². The lowest BCUT2D eigenvalue weighted by molar-refractivity contribution is 0.0390. The van der Waals surface area contributed by atoms with Crippen molar-refractivity contribution in [1.82, 2.24) is 4.90 Å². The van der Waals surface area contributed by atoms with E-state index in [0.29, 0.717) is 0 Å². The maximum atomic E-state index is 15.0. The van der Waals surface area contributed by atoms with Gasteiger partial charge in [0.1, 0.15) is 0 Å². The minimum Gasteiger partial charge on any atom is -0.379 e. The predicted octanol–water partition coefficient (Wildman–Crippen LogP) is 4.86. The summed E-state index contributed by atoms with van der Waals surface area (Å²) in [7, 11) is -2.91. The zero-order valence-electron chi connectivity index (χ0n) is 17.7. The summed E-state index contributed by atoms with van der Waals surface area (Å²) in [4.78, 5) is 2.47. The number of hydrogen-bond acceptors (Lipinski definition) is 3. The fourth-order valence-corrected chi connectivity index (χ4v) is 7.99. The molecule has 3 nitrogen and oxygen atoms in total. The van der Waals surface area contributed by atoms with Gasteiger partial charge in [-0.05, 0) is 23.1 Å². The zero-order valence-corrected chi connectivity index (χ0v) is 18.6. The van der Waals surface area contributed by atoms with Crippen molar-refractivity contribution in [3.05, 3.63) is 102 Å². The summed E-state index contributed by atoms with van der Waals surface area (Å²) in [5.41, 5.74) is 3.63. The van der Waals surface area contributed by atoms with Crippen molar-refractivity contribution < 1.29 is 9.30 Å². The van der Waals surface area contributed by atoms with Crippen molar-refractivity contribution in [1.29, 1.82) is 0 Å². The Morgan fingerprint density at radius 1 is 0.806 bits per heavy atom. The highest BCUT2D eigenvalue weighted by Crippen LogP contribution is 2.62. The molecule has 0 bridgehead atoms. The smallest absolute Gasteiger partial charge is 0.154 e. The molecule has 4 heteroatoms. The van der Waals surface area contributed by atoms with Crippen LogP contribution in [0.25, 0.3) is 5.57 Å². The number of hydrogen-bond donors (Lipinski definition) is 0. The van der Waals surface area contributed by atoms with E-state index in [4.69, 9.17) is 4.74 Å². The molecule has 1 unspecified atom stereocenters. The molecule has 0 N–H and O–H groups in total. The summed E-state index contributed by atoms with van der Waals surface area (Å²) in [6, 6.07) is 28.6. The van der Waals surface area contributed by atoms with Crippen molar-refractivity contribution in [3.63, 3.8) is 0 Å². The van der Waals surface area contributed by atoms with Gasteiger partial charge < -0.3 is 9.30 Å². The van der Waals surface area contributed by atoms with Crippen LogP contribution in [-0.2, 0) is 9.30 Å². The van der Waals surface area contributed by atoms with Crippen LogP contribution in [0.4, 0.5) is 0 Å². The van der Waals surface area contributed by atoms with Gasteiger partial charge in [0.05, 0.1) is 18.9 Å². The molecule has 1 saturated heterocycles. The number of rotatable bonds is 6. The Hall–Kier alpha value is -2.45. The Bertz CT molecular complexity index is 1060. The summed E-state index contributed by atoms with van der Waals surface area (Å²) < 4.78 is 20.5. The van der Waals surface area contributed by atoms with Crippen LogP contribution < -0.4 is 10.6 Å². The van der Waals surface area contributed by atoms with Crippen molar-refractivity contribution in [2.45, 2.75) is 12.1 Å². The van der Waals surface area contributed by atoms with Crippen molar-refractivity contribution in [3.8, 4) is 0 Å². The van der Waals surface area contributed by atoms with Gasteiger partial charge in [-0.1, -0.05) is 91.0 Å². The molecule has 158 valence electrons. The quantitative estimate of drug-likeness (QED) is 0.524. The molecule has 0 radical (unpaired) electrons. The average Bonchev–Trinajstić information content (AvgIpc) is 3.23. The summed E-state index contributed by atoms with van der Waals surface area (Å²) in [5, 5.41) is 1.85. The first-order chi connectivity index (χ1) is 15.3. The van der Waals surface area contributed by atoms with Gasteiger partial charge in [0.2, 0.25) is 0 Å². The highest BCUT2D eigenvalue weighted by Gasteiger charge is 2.40. The van der Waals surface area contributed by atoms with Gasteiger partial charge in [-0.2, -0.15) is 0 Å². The number of allylic oxidation sites excluding steroid dienone is 1. The van der Waals surface area contributed by atoms with Gasteiger partial charge in [-0.3, -0.25) is 4.90 Å². The zero-order chi connectivity index (χ0) is 21.1. The van der Waals surface area contributed by atoms with E-state index in [9.17, 15) is 4.57 Å². The van der Waals surface area contributed by atoms with E-state index in [1.165, 1.54) is 16.7 Å².